The van der Waals surface area contributed by atoms with Crippen LogP contribution in [0.2, 0.25) is 5.02 Å². The van der Waals surface area contributed by atoms with E-state index in [0.29, 0.717) is 23.9 Å². The van der Waals surface area contributed by atoms with Gasteiger partial charge in [-0.05, 0) is 81.5 Å². The Labute approximate surface area is 208 Å². The highest BCUT2D eigenvalue weighted by Gasteiger charge is 2.46. The van der Waals surface area contributed by atoms with Crippen molar-refractivity contribution in [1.82, 2.24) is 14.1 Å². The van der Waals surface area contributed by atoms with Crippen LogP contribution >= 0.6 is 11.6 Å². The maximum atomic E-state index is 13.7. The molecule has 2 aliphatic heterocycles. The fourth-order valence-electron chi connectivity index (χ4n) is 5.66. The maximum absolute atomic E-state index is 13.7. The van der Waals surface area contributed by atoms with Gasteiger partial charge in [0, 0.05) is 43.3 Å². The highest BCUT2D eigenvalue weighted by atomic mass is 35.5. The Kier molecular flexibility index (Phi) is 7.13. The van der Waals surface area contributed by atoms with E-state index in [0.717, 1.165) is 51.2 Å². The first kappa shape index (κ1) is 24.3. The van der Waals surface area contributed by atoms with Crippen LogP contribution in [0.15, 0.2) is 29.2 Å². The molecule has 0 aromatic heterocycles. The van der Waals surface area contributed by atoms with Crippen molar-refractivity contribution >= 4 is 27.7 Å². The Balaban J connectivity index is 1.26. The third-order valence-electron chi connectivity index (χ3n) is 7.84. The van der Waals surface area contributed by atoms with Gasteiger partial charge in [0.2, 0.25) is 10.0 Å². The smallest absolute Gasteiger partial charge is 0.410 e. The number of carbonyl (C=O) groups excluding carboxylic acids is 1. The summed E-state index contributed by atoms with van der Waals surface area (Å²) in [5, 5.41) is 0.508. The summed E-state index contributed by atoms with van der Waals surface area (Å²) in [6.07, 6.45) is 6.97. The molecule has 2 saturated carbocycles. The molecule has 0 N–H and O–H groups in total. The second-order valence-corrected chi connectivity index (χ2v) is 12.9. The molecule has 2 saturated heterocycles. The third kappa shape index (κ3) is 5.40. The van der Waals surface area contributed by atoms with Crippen molar-refractivity contribution in [3.8, 4) is 0 Å². The minimum Gasteiger partial charge on any atom is -0.448 e. The Bertz CT molecular complexity index is 980. The van der Waals surface area contributed by atoms with E-state index in [9.17, 15) is 13.2 Å². The molecule has 1 aromatic rings. The van der Waals surface area contributed by atoms with Crippen molar-refractivity contribution in [1.29, 1.82) is 0 Å². The molecule has 1 aromatic carbocycles. The molecule has 2 heterocycles. The summed E-state index contributed by atoms with van der Waals surface area (Å²) in [5.74, 6) is 1.24. The summed E-state index contributed by atoms with van der Waals surface area (Å²) in [6.45, 7) is 5.71. The molecule has 0 radical (unpaired) electrons. The number of nitrogens with zero attached hydrogens (tertiary/aromatic N) is 3. The molecule has 7 nitrogen and oxygen atoms in total. The summed E-state index contributed by atoms with van der Waals surface area (Å²) >= 11 is 6.00. The van der Waals surface area contributed by atoms with Gasteiger partial charge in [-0.25, -0.2) is 13.2 Å². The molecule has 0 bridgehead atoms. The number of amides is 1. The zero-order valence-electron chi connectivity index (χ0n) is 19.9. The number of carbonyl (C=O) groups is 1. The van der Waals surface area contributed by atoms with Crippen molar-refractivity contribution in [2.45, 2.75) is 74.9 Å². The molecule has 3 atom stereocenters. The number of piperazine rings is 1. The van der Waals surface area contributed by atoms with E-state index in [-0.39, 0.29) is 35.7 Å². The lowest BCUT2D eigenvalue weighted by atomic mass is 9.96. The molecule has 5 rings (SSSR count). The second-order valence-electron chi connectivity index (χ2n) is 10.6. The highest BCUT2D eigenvalue weighted by molar-refractivity contribution is 7.89. The van der Waals surface area contributed by atoms with Gasteiger partial charge in [-0.2, -0.15) is 4.31 Å². The van der Waals surface area contributed by atoms with Crippen LogP contribution in [0.25, 0.3) is 0 Å². The summed E-state index contributed by atoms with van der Waals surface area (Å²) in [7, 11) is -3.72. The molecule has 0 spiro atoms. The average Bonchev–Trinajstić information content (AvgIpc) is 3.72. The average molecular weight is 510 g/mol. The molecule has 188 valence electrons. The van der Waals surface area contributed by atoms with Gasteiger partial charge in [0.1, 0.15) is 6.61 Å². The predicted molar refractivity (Wildman–Crippen MR) is 131 cm³/mol. The molecule has 0 unspecified atom stereocenters. The van der Waals surface area contributed by atoms with Crippen molar-refractivity contribution in [2.24, 2.45) is 11.8 Å². The summed E-state index contributed by atoms with van der Waals surface area (Å²) in [6, 6.07) is 6.11. The number of rotatable bonds is 7. The Morgan fingerprint density at radius 3 is 2.44 bits per heavy atom. The van der Waals surface area contributed by atoms with Crippen LogP contribution in [0.5, 0.6) is 0 Å². The second kappa shape index (κ2) is 9.96. The van der Waals surface area contributed by atoms with E-state index in [2.05, 4.69) is 11.8 Å². The minimum atomic E-state index is -3.72. The Morgan fingerprint density at radius 1 is 1.06 bits per heavy atom. The van der Waals surface area contributed by atoms with Crippen molar-refractivity contribution in [3.63, 3.8) is 0 Å². The number of sulfonamides is 1. The van der Waals surface area contributed by atoms with Crippen LogP contribution in [-0.2, 0) is 14.8 Å². The van der Waals surface area contributed by atoms with Crippen molar-refractivity contribution in [2.75, 3.05) is 32.8 Å². The van der Waals surface area contributed by atoms with E-state index >= 15 is 0 Å². The molecule has 1 amide bonds. The number of halogens is 1. The standard InChI is InChI=1S/C25H36ClN3O4S/c1-18-15-27(16-19-5-6-19)13-14-28(18)25(30)33-17-22-3-2-4-24(20-7-8-20)29(22)34(31,32)23-11-9-21(26)10-12-23/h9-12,18-20,22,24H,2-8,13-17H2,1H3/t18-,22-,24+/m0/s1. The van der Waals surface area contributed by atoms with Crippen LogP contribution in [0.4, 0.5) is 4.79 Å². The number of ether oxygens (including phenoxy) is 1. The Hall–Kier alpha value is -1.35. The largest absolute Gasteiger partial charge is 0.448 e. The first-order valence-corrected chi connectivity index (χ1v) is 14.6. The van der Waals surface area contributed by atoms with Crippen LogP contribution in [0, 0.1) is 11.8 Å². The number of hydrogen-bond acceptors (Lipinski definition) is 5. The van der Waals surface area contributed by atoms with Gasteiger partial charge in [0.05, 0.1) is 10.9 Å². The lowest BCUT2D eigenvalue weighted by molar-refractivity contribution is 0.0304. The highest BCUT2D eigenvalue weighted by Crippen LogP contribution is 2.43. The van der Waals surface area contributed by atoms with Gasteiger partial charge in [-0.3, -0.25) is 4.90 Å². The normalized spacial score (nSPS) is 29.2. The maximum Gasteiger partial charge on any atom is 0.410 e. The summed E-state index contributed by atoms with van der Waals surface area (Å²) in [5.41, 5.74) is 0. The first-order chi connectivity index (χ1) is 16.3. The lowest BCUT2D eigenvalue weighted by Crippen LogP contribution is -2.56. The molecule has 4 fully saturated rings. The lowest BCUT2D eigenvalue weighted by Gasteiger charge is -2.42. The number of piperidine rings is 1. The quantitative estimate of drug-likeness (QED) is 0.550. The van der Waals surface area contributed by atoms with Crippen LogP contribution < -0.4 is 0 Å². The van der Waals surface area contributed by atoms with Gasteiger partial charge in [0.25, 0.3) is 0 Å². The number of benzene rings is 1. The minimum absolute atomic E-state index is 0.0250. The van der Waals surface area contributed by atoms with E-state index < -0.39 is 10.0 Å². The van der Waals surface area contributed by atoms with Gasteiger partial charge in [-0.15, -0.1) is 0 Å². The Morgan fingerprint density at radius 2 is 1.79 bits per heavy atom. The van der Waals surface area contributed by atoms with Gasteiger partial charge in [-0.1, -0.05) is 18.0 Å². The molecule has 34 heavy (non-hydrogen) atoms. The van der Waals surface area contributed by atoms with Crippen molar-refractivity contribution < 1.29 is 17.9 Å². The van der Waals surface area contributed by atoms with Crippen LogP contribution in [0.3, 0.4) is 0 Å². The van der Waals surface area contributed by atoms with Crippen molar-refractivity contribution in [3.05, 3.63) is 29.3 Å². The summed E-state index contributed by atoms with van der Waals surface area (Å²) in [4.78, 5) is 17.5. The molecule has 2 aliphatic carbocycles. The van der Waals surface area contributed by atoms with Crippen LogP contribution in [-0.4, -0.2) is 79.5 Å². The van der Waals surface area contributed by atoms with E-state index in [4.69, 9.17) is 16.3 Å². The summed E-state index contributed by atoms with van der Waals surface area (Å²) < 4.78 is 34.9. The van der Waals surface area contributed by atoms with Gasteiger partial charge >= 0.3 is 6.09 Å². The van der Waals surface area contributed by atoms with Gasteiger partial charge < -0.3 is 9.64 Å². The molecular weight excluding hydrogens is 474 g/mol. The zero-order chi connectivity index (χ0) is 23.9. The fraction of sp³-hybridized carbons (Fsp3) is 0.720. The van der Waals surface area contributed by atoms with Gasteiger partial charge in [0.15, 0.2) is 0 Å². The topological polar surface area (TPSA) is 70.2 Å². The fourth-order valence-corrected chi connectivity index (χ4v) is 7.70. The van der Waals surface area contributed by atoms with E-state index in [1.165, 1.54) is 12.8 Å². The monoisotopic (exact) mass is 509 g/mol. The predicted octanol–water partition coefficient (Wildman–Crippen LogP) is 4.21. The first-order valence-electron chi connectivity index (χ1n) is 12.8. The molecule has 9 heteroatoms. The third-order valence-corrected chi connectivity index (χ3v) is 10.1. The number of hydrogen-bond donors (Lipinski definition) is 0. The van der Waals surface area contributed by atoms with Crippen LogP contribution in [0.1, 0.15) is 51.9 Å². The molecular formula is C25H36ClN3O4S. The van der Waals surface area contributed by atoms with E-state index in [1.807, 2.05) is 4.90 Å². The molecule has 4 aliphatic rings. The SMILES string of the molecule is C[C@H]1CN(CC2CC2)CCN1C(=O)OC[C@@H]1CCC[C@H](C2CC2)N1S(=O)(=O)c1ccc(Cl)cc1. The van der Waals surface area contributed by atoms with E-state index in [1.54, 1.807) is 28.6 Å². The zero-order valence-corrected chi connectivity index (χ0v) is 21.5.